The minimum absolute atomic E-state index is 0.0119. The van der Waals surface area contributed by atoms with Crippen LogP contribution >= 0.6 is 0 Å². The average molecular weight is 458 g/mol. The number of carbonyl (C=O) groups is 2. The first-order valence-electron chi connectivity index (χ1n) is 11.1. The summed E-state index contributed by atoms with van der Waals surface area (Å²) >= 11 is 0. The number of benzene rings is 3. The standard InChI is InChI=1S/C28H27NO5/c1-5-34-21-12-10-19(11-13-21)26(30)24-25(22-8-6-7-9-23(22)33-4)29(28(32)27(24)31)20-15-17(2)14-18(3)16-20/h6-16,25,30H,5H2,1-4H3/b26-24+. The van der Waals surface area contributed by atoms with Crippen LogP contribution in [0.25, 0.3) is 5.76 Å². The van der Waals surface area contributed by atoms with Gasteiger partial charge in [0.2, 0.25) is 0 Å². The lowest BCUT2D eigenvalue weighted by atomic mass is 9.94. The molecular weight excluding hydrogens is 430 g/mol. The fourth-order valence-electron chi connectivity index (χ4n) is 4.41. The highest BCUT2D eigenvalue weighted by Crippen LogP contribution is 2.45. The number of ether oxygens (including phenoxy) is 2. The average Bonchev–Trinajstić information content (AvgIpc) is 3.09. The van der Waals surface area contributed by atoms with Crippen molar-refractivity contribution in [3.8, 4) is 11.5 Å². The molecule has 3 aromatic carbocycles. The summed E-state index contributed by atoms with van der Waals surface area (Å²) in [6, 6.07) is 18.8. The highest BCUT2D eigenvalue weighted by atomic mass is 16.5. The van der Waals surface area contributed by atoms with Crippen molar-refractivity contribution in [1.29, 1.82) is 0 Å². The van der Waals surface area contributed by atoms with Gasteiger partial charge in [-0.3, -0.25) is 14.5 Å². The van der Waals surface area contributed by atoms with Crippen LogP contribution in [0.5, 0.6) is 11.5 Å². The van der Waals surface area contributed by atoms with E-state index in [4.69, 9.17) is 9.47 Å². The Labute approximate surface area is 199 Å². The molecule has 3 aromatic rings. The first-order valence-corrected chi connectivity index (χ1v) is 11.1. The Morgan fingerprint density at radius 2 is 1.62 bits per heavy atom. The van der Waals surface area contributed by atoms with E-state index in [9.17, 15) is 14.7 Å². The Morgan fingerprint density at radius 3 is 2.24 bits per heavy atom. The third-order valence-corrected chi connectivity index (χ3v) is 5.80. The molecular formula is C28H27NO5. The van der Waals surface area contributed by atoms with Gasteiger partial charge in [0.1, 0.15) is 17.3 Å². The number of para-hydroxylation sites is 1. The number of methoxy groups -OCH3 is 1. The molecule has 1 unspecified atom stereocenters. The van der Waals surface area contributed by atoms with Gasteiger partial charge in [0.05, 0.1) is 25.3 Å². The van der Waals surface area contributed by atoms with E-state index in [0.717, 1.165) is 11.1 Å². The molecule has 0 spiro atoms. The molecule has 0 saturated carbocycles. The van der Waals surface area contributed by atoms with Crippen molar-refractivity contribution >= 4 is 23.1 Å². The number of aryl methyl sites for hydroxylation is 2. The number of Topliss-reactive ketones (excluding diaryl/α,β-unsaturated/α-hetero) is 1. The third-order valence-electron chi connectivity index (χ3n) is 5.80. The zero-order valence-corrected chi connectivity index (χ0v) is 19.7. The molecule has 1 saturated heterocycles. The summed E-state index contributed by atoms with van der Waals surface area (Å²) in [6.07, 6.45) is 0. The fraction of sp³-hybridized carbons (Fsp3) is 0.214. The van der Waals surface area contributed by atoms with E-state index in [1.54, 1.807) is 36.4 Å². The summed E-state index contributed by atoms with van der Waals surface area (Å²) in [5, 5.41) is 11.3. The number of carbonyl (C=O) groups excluding carboxylic acids is 2. The molecule has 1 aliphatic heterocycles. The summed E-state index contributed by atoms with van der Waals surface area (Å²) in [5.74, 6) is -0.531. The SMILES string of the molecule is CCOc1ccc(/C(O)=C2\C(=O)C(=O)N(c3cc(C)cc(C)c3)C2c2ccccc2OC)cc1. The number of amides is 1. The molecule has 0 aliphatic carbocycles. The van der Waals surface area contributed by atoms with Gasteiger partial charge >= 0.3 is 0 Å². The zero-order chi connectivity index (χ0) is 24.4. The molecule has 0 radical (unpaired) electrons. The minimum atomic E-state index is -0.857. The van der Waals surface area contributed by atoms with Crippen molar-refractivity contribution in [2.24, 2.45) is 0 Å². The van der Waals surface area contributed by atoms with Gasteiger partial charge in [-0.1, -0.05) is 24.3 Å². The summed E-state index contributed by atoms with van der Waals surface area (Å²) in [6.45, 7) is 6.27. The number of anilines is 1. The van der Waals surface area contributed by atoms with Crippen LogP contribution in [-0.2, 0) is 9.59 Å². The van der Waals surface area contributed by atoms with Gasteiger partial charge in [0.25, 0.3) is 11.7 Å². The molecule has 6 heteroatoms. The predicted molar refractivity (Wildman–Crippen MR) is 131 cm³/mol. The number of aliphatic hydroxyl groups is 1. The van der Waals surface area contributed by atoms with Crippen molar-refractivity contribution in [2.75, 3.05) is 18.6 Å². The van der Waals surface area contributed by atoms with E-state index in [-0.39, 0.29) is 11.3 Å². The zero-order valence-electron chi connectivity index (χ0n) is 19.7. The van der Waals surface area contributed by atoms with E-state index < -0.39 is 17.7 Å². The molecule has 1 atom stereocenters. The first-order chi connectivity index (χ1) is 16.3. The molecule has 6 nitrogen and oxygen atoms in total. The second-order valence-electron chi connectivity index (χ2n) is 8.21. The number of ketones is 1. The van der Waals surface area contributed by atoms with E-state index in [2.05, 4.69) is 0 Å². The van der Waals surface area contributed by atoms with Crippen molar-refractivity contribution in [3.05, 3.63) is 94.6 Å². The minimum Gasteiger partial charge on any atom is -0.507 e. The number of aliphatic hydroxyl groups excluding tert-OH is 1. The van der Waals surface area contributed by atoms with E-state index in [1.807, 2.05) is 51.1 Å². The first kappa shape index (κ1) is 23.1. The Balaban J connectivity index is 1.95. The lowest BCUT2D eigenvalue weighted by Gasteiger charge is -2.27. The van der Waals surface area contributed by atoms with Gasteiger partial charge in [-0.25, -0.2) is 0 Å². The van der Waals surface area contributed by atoms with Crippen molar-refractivity contribution in [3.63, 3.8) is 0 Å². The summed E-state index contributed by atoms with van der Waals surface area (Å²) in [5.41, 5.74) is 3.54. The Bertz CT molecular complexity index is 1260. The summed E-state index contributed by atoms with van der Waals surface area (Å²) in [7, 11) is 1.54. The maximum atomic E-state index is 13.4. The van der Waals surface area contributed by atoms with Crippen LogP contribution < -0.4 is 14.4 Å². The lowest BCUT2D eigenvalue weighted by Crippen LogP contribution is -2.29. The molecule has 174 valence electrons. The Hall–Kier alpha value is -4.06. The molecule has 4 rings (SSSR count). The second kappa shape index (κ2) is 9.43. The molecule has 0 bridgehead atoms. The van der Waals surface area contributed by atoms with Gasteiger partial charge in [-0.05, 0) is 74.4 Å². The predicted octanol–water partition coefficient (Wildman–Crippen LogP) is 5.34. The van der Waals surface area contributed by atoms with E-state index in [0.29, 0.717) is 34.9 Å². The third kappa shape index (κ3) is 4.15. The second-order valence-corrected chi connectivity index (χ2v) is 8.21. The van der Waals surface area contributed by atoms with Gasteiger partial charge in [-0.2, -0.15) is 0 Å². The molecule has 0 aromatic heterocycles. The molecule has 1 N–H and O–H groups in total. The number of hydrogen-bond acceptors (Lipinski definition) is 5. The fourth-order valence-corrected chi connectivity index (χ4v) is 4.41. The van der Waals surface area contributed by atoms with Gasteiger partial charge in [0.15, 0.2) is 0 Å². The van der Waals surface area contributed by atoms with Gasteiger partial charge < -0.3 is 14.6 Å². The topological polar surface area (TPSA) is 76.1 Å². The van der Waals surface area contributed by atoms with Crippen LogP contribution in [0.2, 0.25) is 0 Å². The molecule has 1 fully saturated rings. The van der Waals surface area contributed by atoms with Crippen LogP contribution in [0.3, 0.4) is 0 Å². The Morgan fingerprint density at radius 1 is 0.971 bits per heavy atom. The lowest BCUT2D eigenvalue weighted by molar-refractivity contribution is -0.132. The van der Waals surface area contributed by atoms with Crippen molar-refractivity contribution in [1.82, 2.24) is 0 Å². The maximum absolute atomic E-state index is 13.4. The normalized spacial score (nSPS) is 17.2. The highest BCUT2D eigenvalue weighted by Gasteiger charge is 2.48. The summed E-state index contributed by atoms with van der Waals surface area (Å²) < 4.78 is 11.0. The monoisotopic (exact) mass is 457 g/mol. The molecule has 1 heterocycles. The molecule has 34 heavy (non-hydrogen) atoms. The number of rotatable bonds is 6. The smallest absolute Gasteiger partial charge is 0.300 e. The maximum Gasteiger partial charge on any atom is 0.300 e. The van der Waals surface area contributed by atoms with E-state index in [1.165, 1.54) is 12.0 Å². The Kier molecular flexibility index (Phi) is 6.41. The van der Waals surface area contributed by atoms with Crippen molar-refractivity contribution < 1.29 is 24.2 Å². The quantitative estimate of drug-likeness (QED) is 0.307. The number of nitrogens with zero attached hydrogens (tertiary/aromatic N) is 1. The van der Waals surface area contributed by atoms with Crippen molar-refractivity contribution in [2.45, 2.75) is 26.8 Å². The van der Waals surface area contributed by atoms with Crippen LogP contribution in [0, 0.1) is 13.8 Å². The van der Waals surface area contributed by atoms with E-state index >= 15 is 0 Å². The van der Waals surface area contributed by atoms with Gasteiger partial charge in [-0.15, -0.1) is 0 Å². The molecule has 1 aliphatic rings. The number of hydrogen-bond donors (Lipinski definition) is 1. The largest absolute Gasteiger partial charge is 0.507 e. The highest BCUT2D eigenvalue weighted by molar-refractivity contribution is 6.51. The van der Waals surface area contributed by atoms with Gasteiger partial charge in [0, 0.05) is 16.8 Å². The summed E-state index contributed by atoms with van der Waals surface area (Å²) in [4.78, 5) is 28.2. The van der Waals surface area contributed by atoms with Crippen LogP contribution in [0.15, 0.2) is 72.3 Å². The molecule has 1 amide bonds. The van der Waals surface area contributed by atoms with Crippen LogP contribution in [0.1, 0.15) is 35.2 Å². The van der Waals surface area contributed by atoms with Crippen LogP contribution in [-0.4, -0.2) is 30.5 Å². The van der Waals surface area contributed by atoms with Crippen LogP contribution in [0.4, 0.5) is 5.69 Å².